The zero-order chi connectivity index (χ0) is 17.4. The van der Waals surface area contributed by atoms with Gasteiger partial charge in [-0.1, -0.05) is 45.0 Å². The number of carbonyl (C=O) groups excluding carboxylic acids is 1. The molecule has 0 aliphatic carbocycles. The van der Waals surface area contributed by atoms with Crippen LogP contribution in [0.15, 0.2) is 24.3 Å². The average Bonchev–Trinajstić information content (AvgIpc) is 2.65. The van der Waals surface area contributed by atoms with E-state index < -0.39 is 0 Å². The maximum Gasteiger partial charge on any atom is 0.317 e. The molecule has 0 bridgehead atoms. The molecule has 0 aromatic heterocycles. The molecule has 0 saturated carbocycles. The quantitative estimate of drug-likeness (QED) is 0.833. The molecule has 5 heteroatoms. The maximum absolute atomic E-state index is 12.2. The highest BCUT2D eigenvalue weighted by molar-refractivity contribution is 5.74. The van der Waals surface area contributed by atoms with Crippen molar-refractivity contribution in [2.45, 2.75) is 33.9 Å². The van der Waals surface area contributed by atoms with Crippen molar-refractivity contribution in [3.63, 3.8) is 0 Å². The summed E-state index contributed by atoms with van der Waals surface area (Å²) in [5, 5.41) is 3.04. The lowest BCUT2D eigenvalue weighted by atomic mass is 10.1. The van der Waals surface area contributed by atoms with E-state index in [1.807, 2.05) is 4.90 Å². The first-order valence-corrected chi connectivity index (χ1v) is 9.21. The number of nitrogens with one attached hydrogen (secondary N) is 1. The zero-order valence-corrected chi connectivity index (χ0v) is 15.4. The summed E-state index contributed by atoms with van der Waals surface area (Å²) in [5.41, 5.74) is 2.48. The molecule has 0 atom stereocenters. The molecule has 1 aliphatic heterocycles. The Morgan fingerprint density at radius 1 is 1.00 bits per heavy atom. The van der Waals surface area contributed by atoms with E-state index in [9.17, 15) is 4.79 Å². The van der Waals surface area contributed by atoms with Gasteiger partial charge in [-0.2, -0.15) is 0 Å². The van der Waals surface area contributed by atoms with Crippen molar-refractivity contribution in [2.24, 2.45) is 0 Å². The number of nitrogens with zero attached hydrogens (tertiary/aromatic N) is 3. The van der Waals surface area contributed by atoms with E-state index in [1.165, 1.54) is 5.56 Å². The van der Waals surface area contributed by atoms with Gasteiger partial charge in [0.15, 0.2) is 0 Å². The van der Waals surface area contributed by atoms with Crippen LogP contribution in [-0.4, -0.2) is 66.5 Å². The molecule has 1 saturated heterocycles. The predicted molar refractivity (Wildman–Crippen MR) is 99.0 cm³/mol. The first-order valence-electron chi connectivity index (χ1n) is 9.21. The highest BCUT2D eigenvalue weighted by Gasteiger charge is 2.19. The lowest BCUT2D eigenvalue weighted by Gasteiger charge is -2.34. The summed E-state index contributed by atoms with van der Waals surface area (Å²) in [6.45, 7) is 14.9. The van der Waals surface area contributed by atoms with Gasteiger partial charge in [-0.05, 0) is 30.8 Å². The Bertz CT molecular complexity index is 491. The van der Waals surface area contributed by atoms with Crippen molar-refractivity contribution in [1.29, 1.82) is 0 Å². The van der Waals surface area contributed by atoms with Gasteiger partial charge in [-0.15, -0.1) is 0 Å². The number of benzene rings is 1. The van der Waals surface area contributed by atoms with E-state index in [-0.39, 0.29) is 6.03 Å². The Kier molecular flexibility index (Phi) is 7.53. The largest absolute Gasteiger partial charge is 0.334 e. The van der Waals surface area contributed by atoms with Gasteiger partial charge in [0.05, 0.1) is 0 Å². The van der Waals surface area contributed by atoms with Crippen molar-refractivity contribution in [3.05, 3.63) is 35.4 Å². The lowest BCUT2D eigenvalue weighted by molar-refractivity contribution is 0.142. The van der Waals surface area contributed by atoms with Gasteiger partial charge < -0.3 is 15.1 Å². The molecule has 0 radical (unpaired) electrons. The molecule has 0 unspecified atom stereocenters. The van der Waals surface area contributed by atoms with E-state index in [4.69, 9.17) is 0 Å². The predicted octanol–water partition coefficient (Wildman–Crippen LogP) is 2.38. The third-order valence-corrected chi connectivity index (χ3v) is 4.87. The highest BCUT2D eigenvalue weighted by Crippen LogP contribution is 2.08. The molecule has 134 valence electrons. The third-order valence-electron chi connectivity index (χ3n) is 4.87. The second-order valence-corrected chi connectivity index (χ2v) is 6.36. The van der Waals surface area contributed by atoms with Gasteiger partial charge in [0.25, 0.3) is 0 Å². The van der Waals surface area contributed by atoms with Crippen LogP contribution in [0.5, 0.6) is 0 Å². The minimum Gasteiger partial charge on any atom is -0.334 e. The standard InChI is InChI=1S/C19H32N4O/c1-4-21(5-2)16-18-9-7-17(8-10-18)15-20-19(24)23-13-11-22(6-3)12-14-23/h7-10H,4-6,11-16H2,1-3H3,(H,20,24). The summed E-state index contributed by atoms with van der Waals surface area (Å²) < 4.78 is 0. The smallest absolute Gasteiger partial charge is 0.317 e. The van der Waals surface area contributed by atoms with Gasteiger partial charge in [-0.3, -0.25) is 4.90 Å². The van der Waals surface area contributed by atoms with E-state index in [0.717, 1.165) is 57.9 Å². The van der Waals surface area contributed by atoms with E-state index in [1.54, 1.807) is 0 Å². The van der Waals surface area contributed by atoms with Crippen molar-refractivity contribution >= 4 is 6.03 Å². The van der Waals surface area contributed by atoms with Crippen LogP contribution in [0.2, 0.25) is 0 Å². The van der Waals surface area contributed by atoms with Crippen molar-refractivity contribution in [2.75, 3.05) is 45.8 Å². The highest BCUT2D eigenvalue weighted by atomic mass is 16.2. The summed E-state index contributed by atoms with van der Waals surface area (Å²) >= 11 is 0. The van der Waals surface area contributed by atoms with Crippen LogP contribution >= 0.6 is 0 Å². The monoisotopic (exact) mass is 332 g/mol. The number of hydrogen-bond acceptors (Lipinski definition) is 3. The Hall–Kier alpha value is -1.59. The van der Waals surface area contributed by atoms with Gasteiger partial charge in [0, 0.05) is 39.3 Å². The molecule has 0 spiro atoms. The number of piperazine rings is 1. The van der Waals surface area contributed by atoms with Crippen LogP contribution in [0.3, 0.4) is 0 Å². The fraction of sp³-hybridized carbons (Fsp3) is 0.632. The number of urea groups is 1. The Balaban J connectivity index is 1.76. The SMILES string of the molecule is CCN1CCN(C(=O)NCc2ccc(CN(CC)CC)cc2)CC1. The molecule has 1 fully saturated rings. The minimum atomic E-state index is 0.0537. The van der Waals surface area contributed by atoms with Crippen LogP contribution in [0.25, 0.3) is 0 Å². The topological polar surface area (TPSA) is 38.8 Å². The van der Waals surface area contributed by atoms with Gasteiger partial charge >= 0.3 is 6.03 Å². The number of likely N-dealkylation sites (N-methyl/N-ethyl adjacent to an activating group) is 1. The van der Waals surface area contributed by atoms with Gasteiger partial charge in [0.1, 0.15) is 0 Å². The van der Waals surface area contributed by atoms with Gasteiger partial charge in [0.2, 0.25) is 0 Å². The molecule has 2 amide bonds. The molecule has 1 aromatic rings. The number of hydrogen-bond donors (Lipinski definition) is 1. The first kappa shape index (κ1) is 18.7. The summed E-state index contributed by atoms with van der Waals surface area (Å²) in [6, 6.07) is 8.63. The lowest BCUT2D eigenvalue weighted by Crippen LogP contribution is -2.51. The fourth-order valence-electron chi connectivity index (χ4n) is 3.02. The van der Waals surface area contributed by atoms with Gasteiger partial charge in [-0.25, -0.2) is 4.79 Å². The summed E-state index contributed by atoms with van der Waals surface area (Å²) in [5.74, 6) is 0. The molecular weight excluding hydrogens is 300 g/mol. The van der Waals surface area contributed by atoms with Crippen molar-refractivity contribution in [3.8, 4) is 0 Å². The van der Waals surface area contributed by atoms with Crippen LogP contribution in [-0.2, 0) is 13.1 Å². The van der Waals surface area contributed by atoms with Crippen LogP contribution in [0, 0.1) is 0 Å². The Morgan fingerprint density at radius 2 is 1.58 bits per heavy atom. The average molecular weight is 332 g/mol. The molecule has 24 heavy (non-hydrogen) atoms. The minimum absolute atomic E-state index is 0.0537. The summed E-state index contributed by atoms with van der Waals surface area (Å²) in [7, 11) is 0. The molecule has 5 nitrogen and oxygen atoms in total. The summed E-state index contributed by atoms with van der Waals surface area (Å²) in [4.78, 5) is 18.9. The Morgan fingerprint density at radius 3 is 2.12 bits per heavy atom. The normalized spacial score (nSPS) is 15.8. The molecule has 1 aliphatic rings. The molecule has 1 N–H and O–H groups in total. The zero-order valence-electron chi connectivity index (χ0n) is 15.4. The van der Waals surface area contributed by atoms with Crippen LogP contribution in [0.1, 0.15) is 31.9 Å². The second-order valence-electron chi connectivity index (χ2n) is 6.36. The molecule has 1 heterocycles. The molecule has 2 rings (SSSR count). The van der Waals surface area contributed by atoms with Crippen LogP contribution in [0.4, 0.5) is 4.79 Å². The second kappa shape index (κ2) is 9.64. The summed E-state index contributed by atoms with van der Waals surface area (Å²) in [6.07, 6.45) is 0. The first-order chi connectivity index (χ1) is 11.7. The number of amides is 2. The maximum atomic E-state index is 12.2. The van der Waals surface area contributed by atoms with E-state index in [2.05, 4.69) is 60.2 Å². The third kappa shape index (κ3) is 5.49. The number of carbonyl (C=O) groups is 1. The molecule has 1 aromatic carbocycles. The van der Waals surface area contributed by atoms with Crippen LogP contribution < -0.4 is 5.32 Å². The van der Waals surface area contributed by atoms with E-state index >= 15 is 0 Å². The number of rotatable bonds is 7. The van der Waals surface area contributed by atoms with Crippen molar-refractivity contribution in [1.82, 2.24) is 20.0 Å². The van der Waals surface area contributed by atoms with E-state index in [0.29, 0.717) is 6.54 Å². The fourth-order valence-corrected chi connectivity index (χ4v) is 3.02. The molecular formula is C19H32N4O. The Labute approximate surface area is 146 Å². The van der Waals surface area contributed by atoms with Crippen molar-refractivity contribution < 1.29 is 4.79 Å².